The highest BCUT2D eigenvalue weighted by molar-refractivity contribution is 6.33. The molecular formula is C24H21ClF2N2O3. The van der Waals surface area contributed by atoms with E-state index in [4.69, 9.17) is 16.3 Å². The molecule has 0 fully saturated rings. The maximum Gasteiger partial charge on any atom is 0.326 e. The molecule has 0 bridgehead atoms. The summed E-state index contributed by atoms with van der Waals surface area (Å²) in [6, 6.07) is 9.43. The minimum absolute atomic E-state index is 0.275. The Labute approximate surface area is 189 Å². The van der Waals surface area contributed by atoms with Crippen LogP contribution in [0.2, 0.25) is 5.02 Å². The first-order valence-corrected chi connectivity index (χ1v) is 10.1. The van der Waals surface area contributed by atoms with Gasteiger partial charge < -0.3 is 10.1 Å². The van der Waals surface area contributed by atoms with Crippen molar-refractivity contribution in [3.05, 3.63) is 86.9 Å². The van der Waals surface area contributed by atoms with Gasteiger partial charge >= 0.3 is 6.03 Å². The molecular weight excluding hydrogens is 438 g/mol. The third-order valence-electron chi connectivity index (χ3n) is 4.87. The maximum atomic E-state index is 13.8. The first kappa shape index (κ1) is 23.2. The molecule has 0 radical (unpaired) electrons. The van der Waals surface area contributed by atoms with Crippen molar-refractivity contribution in [2.24, 2.45) is 0 Å². The summed E-state index contributed by atoms with van der Waals surface area (Å²) < 4.78 is 33.5. The Kier molecular flexibility index (Phi) is 6.79. The second-order valence-corrected chi connectivity index (χ2v) is 7.76. The van der Waals surface area contributed by atoms with Gasteiger partial charge in [0.1, 0.15) is 28.7 Å². The van der Waals surface area contributed by atoms with E-state index >= 15 is 0 Å². The normalized spacial score (nSPS) is 10.6. The van der Waals surface area contributed by atoms with Crippen LogP contribution in [-0.2, 0) is 0 Å². The Bertz CT molecular complexity index is 1210. The first-order valence-electron chi connectivity index (χ1n) is 9.69. The third kappa shape index (κ3) is 4.89. The summed E-state index contributed by atoms with van der Waals surface area (Å²) in [5.74, 6) is -2.29. The molecule has 0 saturated heterocycles. The van der Waals surface area contributed by atoms with Gasteiger partial charge in [-0.2, -0.15) is 0 Å². The van der Waals surface area contributed by atoms with Crippen LogP contribution in [0.3, 0.4) is 0 Å². The number of carbonyl (C=O) groups is 2. The number of urea groups is 1. The molecule has 3 aromatic carbocycles. The molecule has 0 atom stereocenters. The van der Waals surface area contributed by atoms with Gasteiger partial charge in [-0.25, -0.2) is 13.6 Å². The SMILES string of the molecule is Cc1ccc(Oc2cc(C)c(NC(=O)NC(=O)c3c(F)cccc3F)c(C)c2Cl)c(C)c1. The highest BCUT2D eigenvalue weighted by Gasteiger charge is 2.21. The Morgan fingerprint density at radius 2 is 1.56 bits per heavy atom. The Balaban J connectivity index is 1.81. The van der Waals surface area contributed by atoms with Crippen LogP contribution >= 0.6 is 11.6 Å². The van der Waals surface area contributed by atoms with Crippen LogP contribution in [-0.4, -0.2) is 11.9 Å². The minimum atomic E-state index is -1.20. The van der Waals surface area contributed by atoms with Crippen LogP contribution in [0.1, 0.15) is 32.6 Å². The lowest BCUT2D eigenvalue weighted by Gasteiger charge is -2.17. The average molecular weight is 459 g/mol. The lowest BCUT2D eigenvalue weighted by atomic mass is 10.1. The second-order valence-electron chi connectivity index (χ2n) is 7.38. The number of aryl methyl sites for hydroxylation is 3. The molecule has 2 N–H and O–H groups in total. The van der Waals surface area contributed by atoms with E-state index in [2.05, 4.69) is 5.32 Å². The average Bonchev–Trinajstić information content (AvgIpc) is 2.71. The number of halogens is 3. The molecule has 8 heteroatoms. The van der Waals surface area contributed by atoms with Crippen LogP contribution < -0.4 is 15.4 Å². The quantitative estimate of drug-likeness (QED) is 0.462. The van der Waals surface area contributed by atoms with Gasteiger partial charge in [0.05, 0.1) is 5.02 Å². The zero-order chi connectivity index (χ0) is 23.6. The zero-order valence-electron chi connectivity index (χ0n) is 17.9. The van der Waals surface area contributed by atoms with E-state index in [0.29, 0.717) is 28.3 Å². The van der Waals surface area contributed by atoms with E-state index in [9.17, 15) is 18.4 Å². The van der Waals surface area contributed by atoms with Gasteiger partial charge in [-0.1, -0.05) is 35.4 Å². The van der Waals surface area contributed by atoms with Gasteiger partial charge in [0.2, 0.25) is 0 Å². The Morgan fingerprint density at radius 1 is 0.906 bits per heavy atom. The standard InChI is InChI=1S/C24H21ClF2N2O3/c1-12-8-9-18(13(2)10-12)32-19-11-14(3)22(15(4)21(19)25)28-24(31)29-23(30)20-16(26)6-5-7-17(20)27/h5-11H,1-4H3,(H2,28,29,30,31). The van der Waals surface area contributed by atoms with Gasteiger partial charge in [-0.05, 0) is 68.7 Å². The second kappa shape index (κ2) is 9.36. The number of nitrogens with one attached hydrogen (secondary N) is 2. The largest absolute Gasteiger partial charge is 0.456 e. The van der Waals surface area contributed by atoms with Crippen LogP contribution in [0.15, 0.2) is 42.5 Å². The van der Waals surface area contributed by atoms with Crippen molar-refractivity contribution in [1.82, 2.24) is 5.32 Å². The van der Waals surface area contributed by atoms with Gasteiger partial charge in [0, 0.05) is 5.69 Å². The zero-order valence-corrected chi connectivity index (χ0v) is 18.7. The molecule has 0 unspecified atom stereocenters. The van der Waals surface area contributed by atoms with Crippen molar-refractivity contribution < 1.29 is 23.1 Å². The van der Waals surface area contributed by atoms with E-state index in [1.165, 1.54) is 0 Å². The smallest absolute Gasteiger partial charge is 0.326 e. The molecule has 0 aliphatic heterocycles. The number of ether oxygens (including phenoxy) is 1. The van der Waals surface area contributed by atoms with Crippen molar-refractivity contribution in [2.45, 2.75) is 27.7 Å². The fourth-order valence-electron chi connectivity index (χ4n) is 3.25. The van der Waals surface area contributed by atoms with Crippen LogP contribution in [0, 0.1) is 39.3 Å². The predicted molar refractivity (Wildman–Crippen MR) is 120 cm³/mol. The lowest BCUT2D eigenvalue weighted by Crippen LogP contribution is -2.35. The lowest BCUT2D eigenvalue weighted by molar-refractivity contribution is 0.0959. The number of rotatable bonds is 4. The molecule has 5 nitrogen and oxygen atoms in total. The maximum absolute atomic E-state index is 13.8. The summed E-state index contributed by atoms with van der Waals surface area (Å²) >= 11 is 6.47. The highest BCUT2D eigenvalue weighted by atomic mass is 35.5. The van der Waals surface area contributed by atoms with Crippen molar-refractivity contribution in [2.75, 3.05) is 5.32 Å². The molecule has 0 aromatic heterocycles. The molecule has 3 rings (SSSR count). The Morgan fingerprint density at radius 3 is 2.19 bits per heavy atom. The van der Waals surface area contributed by atoms with E-state index in [1.54, 1.807) is 19.9 Å². The monoisotopic (exact) mass is 458 g/mol. The first-order chi connectivity index (χ1) is 15.1. The van der Waals surface area contributed by atoms with E-state index < -0.39 is 29.1 Å². The fraction of sp³-hybridized carbons (Fsp3) is 0.167. The Hall–Kier alpha value is -3.45. The summed E-state index contributed by atoms with van der Waals surface area (Å²) in [5, 5.41) is 4.71. The van der Waals surface area contributed by atoms with Crippen molar-refractivity contribution in [3.8, 4) is 11.5 Å². The van der Waals surface area contributed by atoms with Crippen molar-refractivity contribution in [3.63, 3.8) is 0 Å². The number of amides is 3. The minimum Gasteiger partial charge on any atom is -0.456 e. The third-order valence-corrected chi connectivity index (χ3v) is 5.34. The molecule has 166 valence electrons. The van der Waals surface area contributed by atoms with Gasteiger partial charge in [0.25, 0.3) is 5.91 Å². The summed E-state index contributed by atoms with van der Waals surface area (Å²) in [6.45, 7) is 7.31. The van der Waals surface area contributed by atoms with Gasteiger partial charge in [0.15, 0.2) is 0 Å². The number of carbonyl (C=O) groups excluding carboxylic acids is 2. The summed E-state index contributed by atoms with van der Waals surface area (Å²) in [7, 11) is 0. The molecule has 0 saturated carbocycles. The summed E-state index contributed by atoms with van der Waals surface area (Å²) in [4.78, 5) is 24.5. The molecule has 32 heavy (non-hydrogen) atoms. The fourth-order valence-corrected chi connectivity index (χ4v) is 3.43. The topological polar surface area (TPSA) is 67.4 Å². The number of anilines is 1. The molecule has 3 amide bonds. The molecule has 0 spiro atoms. The summed E-state index contributed by atoms with van der Waals surface area (Å²) in [6.07, 6.45) is 0. The predicted octanol–water partition coefficient (Wildman–Crippen LogP) is 6.61. The number of benzene rings is 3. The number of hydrogen-bond donors (Lipinski definition) is 2. The molecule has 0 aliphatic rings. The van der Waals surface area contributed by atoms with E-state index in [1.807, 2.05) is 37.4 Å². The van der Waals surface area contributed by atoms with Gasteiger partial charge in [-0.15, -0.1) is 0 Å². The van der Waals surface area contributed by atoms with Gasteiger partial charge in [-0.3, -0.25) is 10.1 Å². The summed E-state index contributed by atoms with van der Waals surface area (Å²) in [5.41, 5.74) is 2.67. The van der Waals surface area contributed by atoms with Crippen molar-refractivity contribution in [1.29, 1.82) is 0 Å². The van der Waals surface area contributed by atoms with E-state index in [0.717, 1.165) is 29.3 Å². The van der Waals surface area contributed by atoms with Crippen LogP contribution in [0.5, 0.6) is 11.5 Å². The van der Waals surface area contributed by atoms with E-state index in [-0.39, 0.29) is 5.02 Å². The molecule has 0 heterocycles. The highest BCUT2D eigenvalue weighted by Crippen LogP contribution is 2.39. The van der Waals surface area contributed by atoms with Crippen LogP contribution in [0.4, 0.5) is 19.3 Å². The molecule has 0 aliphatic carbocycles. The molecule has 3 aromatic rings. The van der Waals surface area contributed by atoms with Crippen LogP contribution in [0.25, 0.3) is 0 Å². The van der Waals surface area contributed by atoms with Crippen molar-refractivity contribution >= 4 is 29.2 Å². The number of hydrogen-bond acceptors (Lipinski definition) is 3. The number of imide groups is 1.